The number of hydrogen-bond acceptors (Lipinski definition) is 3. The fourth-order valence-electron chi connectivity index (χ4n) is 3.26. The molecule has 2 atom stereocenters. The second-order valence-corrected chi connectivity index (χ2v) is 5.53. The van der Waals surface area contributed by atoms with E-state index >= 15 is 0 Å². The zero-order chi connectivity index (χ0) is 11.5. The molecule has 0 spiro atoms. The van der Waals surface area contributed by atoms with E-state index in [1.54, 1.807) is 0 Å². The molecule has 2 rings (SSSR count). The average Bonchev–Trinajstić information content (AvgIpc) is 2.75. The van der Waals surface area contributed by atoms with Gasteiger partial charge in [-0.05, 0) is 52.0 Å². The fraction of sp³-hybridized carbons (Fsp3) is 1.00. The highest BCUT2D eigenvalue weighted by atomic mass is 15.2. The van der Waals surface area contributed by atoms with Gasteiger partial charge in [0.05, 0.1) is 0 Å². The van der Waals surface area contributed by atoms with E-state index in [4.69, 9.17) is 0 Å². The van der Waals surface area contributed by atoms with Gasteiger partial charge >= 0.3 is 0 Å². The summed E-state index contributed by atoms with van der Waals surface area (Å²) in [6.45, 7) is 10.8. The molecule has 0 aromatic rings. The molecule has 2 unspecified atom stereocenters. The lowest BCUT2D eigenvalue weighted by molar-refractivity contribution is 0.0914. The molecule has 0 radical (unpaired) electrons. The normalized spacial score (nSPS) is 33.8. The number of nitrogens with zero attached hydrogens (tertiary/aromatic N) is 2. The Kier molecular flexibility index (Phi) is 4.22. The Morgan fingerprint density at radius 3 is 2.44 bits per heavy atom. The number of hydrogen-bond donors (Lipinski definition) is 1. The molecule has 0 aliphatic carbocycles. The largest absolute Gasteiger partial charge is 0.315 e. The minimum Gasteiger partial charge on any atom is -0.315 e. The molecule has 0 aromatic heterocycles. The van der Waals surface area contributed by atoms with Crippen molar-refractivity contribution in [1.82, 2.24) is 15.1 Å². The summed E-state index contributed by atoms with van der Waals surface area (Å²) >= 11 is 0. The lowest BCUT2D eigenvalue weighted by atomic mass is 9.98. The maximum Gasteiger partial charge on any atom is 0.0258 e. The van der Waals surface area contributed by atoms with Crippen molar-refractivity contribution in [2.24, 2.45) is 5.92 Å². The topological polar surface area (TPSA) is 18.5 Å². The lowest BCUT2D eigenvalue weighted by Gasteiger charge is -2.40. The van der Waals surface area contributed by atoms with Crippen LogP contribution in [0.5, 0.6) is 0 Å². The van der Waals surface area contributed by atoms with Crippen LogP contribution in [0.25, 0.3) is 0 Å². The van der Waals surface area contributed by atoms with Crippen LogP contribution in [0.4, 0.5) is 0 Å². The van der Waals surface area contributed by atoms with Crippen molar-refractivity contribution >= 4 is 0 Å². The van der Waals surface area contributed by atoms with E-state index in [2.05, 4.69) is 36.0 Å². The van der Waals surface area contributed by atoms with Crippen LogP contribution in [-0.2, 0) is 0 Å². The van der Waals surface area contributed by atoms with Crippen LogP contribution >= 0.6 is 0 Å². The molecule has 0 bridgehead atoms. The average molecular weight is 225 g/mol. The molecule has 0 amide bonds. The molecule has 94 valence electrons. The third kappa shape index (κ3) is 2.58. The van der Waals surface area contributed by atoms with Crippen LogP contribution < -0.4 is 5.32 Å². The molecule has 2 heterocycles. The van der Waals surface area contributed by atoms with Gasteiger partial charge < -0.3 is 10.2 Å². The van der Waals surface area contributed by atoms with Crippen LogP contribution in [-0.4, -0.2) is 61.7 Å². The summed E-state index contributed by atoms with van der Waals surface area (Å²) in [6, 6.07) is 1.58. The summed E-state index contributed by atoms with van der Waals surface area (Å²) < 4.78 is 0. The number of likely N-dealkylation sites (N-methyl/N-ethyl adjacent to an activating group) is 1. The summed E-state index contributed by atoms with van der Waals surface area (Å²) in [6.07, 6.45) is 2.71. The molecule has 2 aliphatic rings. The van der Waals surface area contributed by atoms with E-state index in [9.17, 15) is 0 Å². The van der Waals surface area contributed by atoms with E-state index in [1.807, 2.05) is 0 Å². The lowest BCUT2D eigenvalue weighted by Crippen LogP contribution is -2.49. The highest BCUT2D eigenvalue weighted by Gasteiger charge is 2.32. The van der Waals surface area contributed by atoms with Gasteiger partial charge in [0, 0.05) is 18.6 Å². The van der Waals surface area contributed by atoms with Crippen LogP contribution in [0, 0.1) is 5.92 Å². The predicted octanol–water partition coefficient (Wildman–Crippen LogP) is 1.01. The van der Waals surface area contributed by atoms with E-state index < -0.39 is 0 Å². The van der Waals surface area contributed by atoms with E-state index in [0.29, 0.717) is 0 Å². The van der Waals surface area contributed by atoms with Gasteiger partial charge in [-0.3, -0.25) is 4.90 Å². The van der Waals surface area contributed by atoms with Crippen molar-refractivity contribution < 1.29 is 0 Å². The first-order valence-corrected chi connectivity index (χ1v) is 6.87. The zero-order valence-electron chi connectivity index (χ0n) is 11.1. The Bertz CT molecular complexity index is 211. The molecule has 0 saturated carbocycles. The van der Waals surface area contributed by atoms with Crippen LogP contribution in [0.1, 0.15) is 26.7 Å². The van der Waals surface area contributed by atoms with E-state index in [1.165, 1.54) is 45.6 Å². The van der Waals surface area contributed by atoms with Gasteiger partial charge in [0.25, 0.3) is 0 Å². The van der Waals surface area contributed by atoms with Gasteiger partial charge in [0.1, 0.15) is 0 Å². The second-order valence-electron chi connectivity index (χ2n) is 5.53. The summed E-state index contributed by atoms with van der Waals surface area (Å²) in [7, 11) is 2.33. The van der Waals surface area contributed by atoms with Gasteiger partial charge in [-0.25, -0.2) is 0 Å². The molecule has 16 heavy (non-hydrogen) atoms. The first-order valence-electron chi connectivity index (χ1n) is 6.87. The molecular formula is C13H27N3. The Hall–Kier alpha value is -0.120. The number of nitrogens with one attached hydrogen (secondary N) is 1. The second kappa shape index (κ2) is 5.48. The van der Waals surface area contributed by atoms with Crippen LogP contribution in [0.2, 0.25) is 0 Å². The fourth-order valence-corrected chi connectivity index (χ4v) is 3.26. The van der Waals surface area contributed by atoms with Crippen molar-refractivity contribution in [2.45, 2.75) is 38.8 Å². The quantitative estimate of drug-likeness (QED) is 0.773. The minimum absolute atomic E-state index is 0.762. The molecule has 2 fully saturated rings. The maximum atomic E-state index is 3.51. The molecule has 0 aromatic carbocycles. The van der Waals surface area contributed by atoms with Crippen molar-refractivity contribution in [3.63, 3.8) is 0 Å². The van der Waals surface area contributed by atoms with Crippen molar-refractivity contribution in [2.75, 3.05) is 39.8 Å². The minimum atomic E-state index is 0.762. The Morgan fingerprint density at radius 1 is 1.25 bits per heavy atom. The van der Waals surface area contributed by atoms with Gasteiger partial charge in [-0.15, -0.1) is 0 Å². The smallest absolute Gasteiger partial charge is 0.0258 e. The molecular weight excluding hydrogens is 198 g/mol. The highest BCUT2D eigenvalue weighted by molar-refractivity contribution is 4.89. The summed E-state index contributed by atoms with van der Waals surface area (Å²) in [5.74, 6) is 0.814. The Labute approximate surface area is 100 Å². The third-order valence-corrected chi connectivity index (χ3v) is 4.58. The molecule has 2 saturated heterocycles. The number of rotatable bonds is 3. The predicted molar refractivity (Wildman–Crippen MR) is 68.7 cm³/mol. The molecule has 2 aliphatic heterocycles. The maximum absolute atomic E-state index is 3.51. The number of piperidine rings is 1. The Balaban J connectivity index is 1.83. The van der Waals surface area contributed by atoms with Gasteiger partial charge in [0.15, 0.2) is 0 Å². The molecule has 3 heteroatoms. The van der Waals surface area contributed by atoms with Crippen LogP contribution in [0.15, 0.2) is 0 Å². The van der Waals surface area contributed by atoms with Gasteiger partial charge in [-0.2, -0.15) is 0 Å². The van der Waals surface area contributed by atoms with Crippen molar-refractivity contribution in [3.05, 3.63) is 0 Å². The van der Waals surface area contributed by atoms with Crippen LogP contribution in [0.3, 0.4) is 0 Å². The summed E-state index contributed by atoms with van der Waals surface area (Å²) in [5.41, 5.74) is 0. The highest BCUT2D eigenvalue weighted by Crippen LogP contribution is 2.22. The molecule has 3 nitrogen and oxygen atoms in total. The standard InChI is InChI=1S/C13H27N3/c1-4-16-7-5-12(6-8-16)15(3)13-10-14-9-11(13)2/h11-14H,4-10H2,1-3H3. The summed E-state index contributed by atoms with van der Waals surface area (Å²) in [5, 5.41) is 3.51. The monoisotopic (exact) mass is 225 g/mol. The molecule has 1 N–H and O–H groups in total. The van der Waals surface area contributed by atoms with E-state index in [-0.39, 0.29) is 0 Å². The Morgan fingerprint density at radius 2 is 1.94 bits per heavy atom. The van der Waals surface area contributed by atoms with Gasteiger partial charge in [-0.1, -0.05) is 13.8 Å². The van der Waals surface area contributed by atoms with E-state index in [0.717, 1.165) is 18.0 Å². The number of likely N-dealkylation sites (tertiary alicyclic amines) is 1. The summed E-state index contributed by atoms with van der Waals surface area (Å²) in [4.78, 5) is 5.22. The SMILES string of the molecule is CCN1CCC(N(C)C2CNCC2C)CC1. The first kappa shape index (κ1) is 12.3. The zero-order valence-corrected chi connectivity index (χ0v) is 11.1. The first-order chi connectivity index (χ1) is 7.72. The van der Waals surface area contributed by atoms with Gasteiger partial charge in [0.2, 0.25) is 0 Å². The third-order valence-electron chi connectivity index (χ3n) is 4.58. The van der Waals surface area contributed by atoms with Crippen molar-refractivity contribution in [1.29, 1.82) is 0 Å². The van der Waals surface area contributed by atoms with Crippen molar-refractivity contribution in [3.8, 4) is 0 Å².